The number of carbonyl (C=O) groups excluding carboxylic acids is 2. The maximum atomic E-state index is 12.7. The van der Waals surface area contributed by atoms with E-state index in [1.807, 2.05) is 12.1 Å². The third kappa shape index (κ3) is 4.66. The zero-order valence-electron chi connectivity index (χ0n) is 16.2. The highest BCUT2D eigenvalue weighted by Gasteiger charge is 2.29. The van der Waals surface area contributed by atoms with Gasteiger partial charge in [-0.15, -0.1) is 0 Å². The van der Waals surface area contributed by atoms with Crippen molar-refractivity contribution in [3.8, 4) is 0 Å². The van der Waals surface area contributed by atoms with E-state index in [0.29, 0.717) is 17.7 Å². The van der Waals surface area contributed by atoms with Gasteiger partial charge in [-0.05, 0) is 55.7 Å². The molecule has 2 amide bonds. The summed E-state index contributed by atoms with van der Waals surface area (Å²) in [6.07, 6.45) is 9.16. The van der Waals surface area contributed by atoms with Gasteiger partial charge < -0.3 is 9.80 Å². The van der Waals surface area contributed by atoms with Crippen LogP contribution < -0.4 is 0 Å². The van der Waals surface area contributed by atoms with Crippen molar-refractivity contribution in [2.24, 2.45) is 11.8 Å². The lowest BCUT2D eigenvalue weighted by atomic mass is 9.86. The minimum Gasteiger partial charge on any atom is -0.345 e. The third-order valence-corrected chi connectivity index (χ3v) is 6.01. The average Bonchev–Trinajstić information content (AvgIpc) is 2.68. The summed E-state index contributed by atoms with van der Waals surface area (Å²) in [6.45, 7) is 1.83. The molecule has 2 aliphatic rings. The first-order valence-electron chi connectivity index (χ1n) is 10.1. The van der Waals surface area contributed by atoms with Gasteiger partial charge in [0.15, 0.2) is 0 Å². The van der Waals surface area contributed by atoms with E-state index in [-0.39, 0.29) is 5.91 Å². The standard InChI is InChI=1S/C22H32N2O2/c1-23(2)21(25)20-10-8-17(9-11-20)16-18-12-14-24(15-13-18)22(26)19-6-4-3-5-7-19/h8-11,18-19H,3-7,12-16H2,1-2H3. The zero-order chi connectivity index (χ0) is 18.5. The molecular weight excluding hydrogens is 324 g/mol. The Hall–Kier alpha value is -1.84. The molecule has 1 aromatic rings. The number of piperidine rings is 1. The lowest BCUT2D eigenvalue weighted by Crippen LogP contribution is -2.42. The Labute approximate surface area is 157 Å². The van der Waals surface area contributed by atoms with Crippen LogP contribution in [0.25, 0.3) is 0 Å². The highest BCUT2D eigenvalue weighted by molar-refractivity contribution is 5.93. The van der Waals surface area contributed by atoms with Gasteiger partial charge in [-0.25, -0.2) is 0 Å². The van der Waals surface area contributed by atoms with Gasteiger partial charge in [0.25, 0.3) is 5.91 Å². The minimum absolute atomic E-state index is 0.0473. The van der Waals surface area contributed by atoms with Gasteiger partial charge in [0.2, 0.25) is 5.91 Å². The number of benzene rings is 1. The van der Waals surface area contributed by atoms with Crippen molar-refractivity contribution in [2.45, 2.75) is 51.4 Å². The molecule has 0 N–H and O–H groups in total. The number of hydrogen-bond donors (Lipinski definition) is 0. The van der Waals surface area contributed by atoms with Crippen LogP contribution in [0, 0.1) is 11.8 Å². The first kappa shape index (κ1) is 18.9. The molecule has 0 atom stereocenters. The Kier molecular flexibility index (Phi) is 6.33. The van der Waals surface area contributed by atoms with Crippen LogP contribution in [0.1, 0.15) is 60.9 Å². The summed E-state index contributed by atoms with van der Waals surface area (Å²) < 4.78 is 0. The first-order chi connectivity index (χ1) is 12.5. The minimum atomic E-state index is 0.0473. The second-order valence-electron chi connectivity index (χ2n) is 8.20. The zero-order valence-corrected chi connectivity index (χ0v) is 16.2. The van der Waals surface area contributed by atoms with Crippen molar-refractivity contribution in [3.63, 3.8) is 0 Å². The van der Waals surface area contributed by atoms with Crippen LogP contribution in [-0.4, -0.2) is 48.8 Å². The molecule has 1 aliphatic heterocycles. The van der Waals surface area contributed by atoms with Crippen LogP contribution in [0.3, 0.4) is 0 Å². The summed E-state index contributed by atoms with van der Waals surface area (Å²) in [5.41, 5.74) is 2.03. The van der Waals surface area contributed by atoms with Crippen LogP contribution in [0.4, 0.5) is 0 Å². The molecule has 0 aromatic heterocycles. The largest absolute Gasteiger partial charge is 0.345 e. The number of hydrogen-bond acceptors (Lipinski definition) is 2. The van der Waals surface area contributed by atoms with E-state index >= 15 is 0 Å². The Morgan fingerprint density at radius 3 is 2.15 bits per heavy atom. The maximum absolute atomic E-state index is 12.7. The van der Waals surface area contributed by atoms with Gasteiger partial charge in [0.05, 0.1) is 0 Å². The summed E-state index contributed by atoms with van der Waals surface area (Å²) in [6, 6.07) is 8.02. The number of likely N-dealkylation sites (tertiary alicyclic amines) is 1. The second-order valence-corrected chi connectivity index (χ2v) is 8.20. The molecule has 4 heteroatoms. The summed E-state index contributed by atoms with van der Waals surface area (Å²) >= 11 is 0. The fraction of sp³-hybridized carbons (Fsp3) is 0.636. The van der Waals surface area contributed by atoms with Gasteiger partial charge in [-0.2, -0.15) is 0 Å². The smallest absolute Gasteiger partial charge is 0.253 e. The van der Waals surface area contributed by atoms with Crippen molar-refractivity contribution >= 4 is 11.8 Å². The van der Waals surface area contributed by atoms with Crippen molar-refractivity contribution in [3.05, 3.63) is 35.4 Å². The predicted octanol–water partition coefficient (Wildman–Crippen LogP) is 3.75. The monoisotopic (exact) mass is 356 g/mol. The summed E-state index contributed by atoms with van der Waals surface area (Å²) in [5, 5.41) is 0. The Morgan fingerprint density at radius 2 is 1.58 bits per heavy atom. The predicted molar refractivity (Wildman–Crippen MR) is 104 cm³/mol. The second kappa shape index (κ2) is 8.70. The topological polar surface area (TPSA) is 40.6 Å². The molecule has 26 heavy (non-hydrogen) atoms. The molecule has 1 saturated carbocycles. The quantitative estimate of drug-likeness (QED) is 0.824. The molecule has 0 bridgehead atoms. The lowest BCUT2D eigenvalue weighted by molar-refractivity contribution is -0.138. The Bertz CT molecular complexity index is 610. The van der Waals surface area contributed by atoms with Crippen LogP contribution in [0.2, 0.25) is 0 Å². The highest BCUT2D eigenvalue weighted by atomic mass is 16.2. The third-order valence-electron chi connectivity index (χ3n) is 6.01. The van der Waals surface area contributed by atoms with Gasteiger partial charge in [-0.1, -0.05) is 31.4 Å². The Morgan fingerprint density at radius 1 is 0.962 bits per heavy atom. The molecule has 1 heterocycles. The lowest BCUT2D eigenvalue weighted by Gasteiger charge is -2.35. The van der Waals surface area contributed by atoms with E-state index in [0.717, 1.165) is 50.8 Å². The van der Waals surface area contributed by atoms with Gasteiger partial charge in [0, 0.05) is 38.7 Å². The van der Waals surface area contributed by atoms with Crippen LogP contribution in [-0.2, 0) is 11.2 Å². The summed E-state index contributed by atoms with van der Waals surface area (Å²) in [7, 11) is 3.55. The molecule has 3 rings (SSSR count). The molecule has 1 aromatic carbocycles. The highest BCUT2D eigenvalue weighted by Crippen LogP contribution is 2.28. The van der Waals surface area contributed by atoms with Crippen molar-refractivity contribution in [1.29, 1.82) is 0 Å². The number of rotatable bonds is 4. The van der Waals surface area contributed by atoms with Crippen LogP contribution in [0.5, 0.6) is 0 Å². The van der Waals surface area contributed by atoms with E-state index in [4.69, 9.17) is 0 Å². The molecule has 2 fully saturated rings. The van der Waals surface area contributed by atoms with E-state index in [1.54, 1.807) is 19.0 Å². The van der Waals surface area contributed by atoms with Crippen molar-refractivity contribution in [2.75, 3.05) is 27.2 Å². The normalized spacial score (nSPS) is 19.4. The van der Waals surface area contributed by atoms with Crippen LogP contribution >= 0.6 is 0 Å². The molecule has 0 radical (unpaired) electrons. The van der Waals surface area contributed by atoms with Gasteiger partial charge in [-0.3, -0.25) is 9.59 Å². The summed E-state index contributed by atoms with van der Waals surface area (Å²) in [5.74, 6) is 1.39. The maximum Gasteiger partial charge on any atom is 0.253 e. The molecular formula is C22H32N2O2. The molecule has 142 valence electrons. The van der Waals surface area contributed by atoms with E-state index in [1.165, 1.54) is 24.8 Å². The van der Waals surface area contributed by atoms with Crippen LogP contribution in [0.15, 0.2) is 24.3 Å². The summed E-state index contributed by atoms with van der Waals surface area (Å²) in [4.78, 5) is 28.4. The Balaban J connectivity index is 1.48. The number of amides is 2. The first-order valence-corrected chi connectivity index (χ1v) is 10.1. The van der Waals surface area contributed by atoms with Crippen molar-refractivity contribution < 1.29 is 9.59 Å². The van der Waals surface area contributed by atoms with Gasteiger partial charge in [0.1, 0.15) is 0 Å². The average molecular weight is 357 g/mol. The van der Waals surface area contributed by atoms with E-state index in [9.17, 15) is 9.59 Å². The fourth-order valence-electron chi connectivity index (χ4n) is 4.34. The molecule has 0 spiro atoms. The number of carbonyl (C=O) groups is 2. The molecule has 1 aliphatic carbocycles. The van der Waals surface area contributed by atoms with Crippen molar-refractivity contribution in [1.82, 2.24) is 9.80 Å². The molecule has 4 nitrogen and oxygen atoms in total. The molecule has 1 saturated heterocycles. The van der Waals surface area contributed by atoms with Gasteiger partial charge >= 0.3 is 0 Å². The molecule has 0 unspecified atom stereocenters. The van der Waals surface area contributed by atoms with E-state index < -0.39 is 0 Å². The van der Waals surface area contributed by atoms with E-state index in [2.05, 4.69) is 17.0 Å². The fourth-order valence-corrected chi connectivity index (χ4v) is 4.34. The number of nitrogens with zero attached hydrogens (tertiary/aromatic N) is 2. The SMILES string of the molecule is CN(C)C(=O)c1ccc(CC2CCN(C(=O)C3CCCCC3)CC2)cc1.